The molecule has 17 heavy (non-hydrogen) atoms. The molecular weight excluding hydrogens is 222 g/mol. The highest BCUT2D eigenvalue weighted by atomic mass is 16.5. The maximum Gasteiger partial charge on any atom is 0.337 e. The van der Waals surface area contributed by atoms with Gasteiger partial charge >= 0.3 is 5.97 Å². The second-order valence-electron chi connectivity index (χ2n) is 3.20. The summed E-state index contributed by atoms with van der Waals surface area (Å²) in [6.07, 6.45) is 4.42. The fourth-order valence-electron chi connectivity index (χ4n) is 1.24. The van der Waals surface area contributed by atoms with E-state index in [2.05, 4.69) is 9.97 Å². The minimum Gasteiger partial charge on any atom is -0.478 e. The Morgan fingerprint density at radius 3 is 2.82 bits per heavy atom. The van der Waals surface area contributed by atoms with E-state index in [1.165, 1.54) is 30.7 Å². The number of ether oxygens (including phenoxy) is 1. The molecule has 6 heteroatoms. The maximum atomic E-state index is 10.9. The monoisotopic (exact) mass is 231 g/mol. The number of nitrogens with two attached hydrogens (primary N) is 1. The molecule has 0 fully saturated rings. The molecule has 0 aliphatic rings. The first-order valence-corrected chi connectivity index (χ1v) is 4.73. The fourth-order valence-corrected chi connectivity index (χ4v) is 1.24. The first-order chi connectivity index (χ1) is 8.16. The Labute approximate surface area is 96.7 Å². The topological polar surface area (TPSA) is 98.3 Å². The van der Waals surface area contributed by atoms with Crippen LogP contribution in [0.4, 0.5) is 5.69 Å². The van der Waals surface area contributed by atoms with Gasteiger partial charge < -0.3 is 15.6 Å². The van der Waals surface area contributed by atoms with E-state index in [4.69, 9.17) is 15.6 Å². The summed E-state index contributed by atoms with van der Waals surface area (Å²) in [7, 11) is 0. The van der Waals surface area contributed by atoms with Gasteiger partial charge in [0.15, 0.2) is 0 Å². The van der Waals surface area contributed by atoms with Crippen molar-refractivity contribution in [2.45, 2.75) is 0 Å². The van der Waals surface area contributed by atoms with Crippen LogP contribution >= 0.6 is 0 Å². The maximum absolute atomic E-state index is 10.9. The standard InChI is InChI=1S/C11H9N3O3/c12-9-2-1-7(5-8(9)11(15)16)17-10-6-13-3-4-14-10/h1-6H,12H2,(H,15,16). The van der Waals surface area contributed by atoms with E-state index in [0.29, 0.717) is 5.75 Å². The summed E-state index contributed by atoms with van der Waals surface area (Å²) in [4.78, 5) is 18.6. The third kappa shape index (κ3) is 2.49. The van der Waals surface area contributed by atoms with E-state index in [1.807, 2.05) is 0 Å². The molecule has 0 atom stereocenters. The summed E-state index contributed by atoms with van der Waals surface area (Å²) < 4.78 is 5.33. The lowest BCUT2D eigenvalue weighted by Crippen LogP contribution is -2.02. The van der Waals surface area contributed by atoms with Crippen LogP contribution in [0.25, 0.3) is 0 Å². The summed E-state index contributed by atoms with van der Waals surface area (Å²) in [6.45, 7) is 0. The highest BCUT2D eigenvalue weighted by Crippen LogP contribution is 2.23. The highest BCUT2D eigenvalue weighted by Gasteiger charge is 2.09. The molecule has 1 aromatic carbocycles. The van der Waals surface area contributed by atoms with Gasteiger partial charge in [0.25, 0.3) is 0 Å². The van der Waals surface area contributed by atoms with Gasteiger partial charge in [0, 0.05) is 18.1 Å². The Morgan fingerprint density at radius 1 is 1.35 bits per heavy atom. The zero-order chi connectivity index (χ0) is 12.3. The second-order valence-corrected chi connectivity index (χ2v) is 3.20. The molecule has 2 aromatic rings. The SMILES string of the molecule is Nc1ccc(Oc2cnccn2)cc1C(=O)O. The van der Waals surface area contributed by atoms with Crippen LogP contribution in [-0.4, -0.2) is 21.0 Å². The molecule has 1 heterocycles. The zero-order valence-electron chi connectivity index (χ0n) is 8.70. The summed E-state index contributed by atoms with van der Waals surface area (Å²) in [5.74, 6) is -0.474. The Balaban J connectivity index is 2.29. The smallest absolute Gasteiger partial charge is 0.337 e. The molecule has 6 nitrogen and oxygen atoms in total. The molecule has 1 aromatic heterocycles. The average Bonchev–Trinajstić information content (AvgIpc) is 2.32. The van der Waals surface area contributed by atoms with Gasteiger partial charge in [-0.05, 0) is 18.2 Å². The van der Waals surface area contributed by atoms with Gasteiger partial charge in [-0.2, -0.15) is 0 Å². The molecule has 0 saturated carbocycles. The van der Waals surface area contributed by atoms with E-state index in [0.717, 1.165) is 0 Å². The van der Waals surface area contributed by atoms with Crippen LogP contribution < -0.4 is 10.5 Å². The predicted molar refractivity (Wildman–Crippen MR) is 59.9 cm³/mol. The van der Waals surface area contributed by atoms with E-state index < -0.39 is 5.97 Å². The average molecular weight is 231 g/mol. The summed E-state index contributed by atoms with van der Waals surface area (Å²) in [6, 6.07) is 4.37. The normalized spacial score (nSPS) is 9.88. The van der Waals surface area contributed by atoms with E-state index >= 15 is 0 Å². The van der Waals surface area contributed by atoms with Crippen molar-refractivity contribution in [2.24, 2.45) is 0 Å². The lowest BCUT2D eigenvalue weighted by Gasteiger charge is -2.06. The van der Waals surface area contributed by atoms with Gasteiger partial charge in [0.05, 0.1) is 11.8 Å². The first kappa shape index (κ1) is 10.9. The molecule has 0 aliphatic carbocycles. The minimum atomic E-state index is -1.10. The van der Waals surface area contributed by atoms with Crippen molar-refractivity contribution in [1.29, 1.82) is 0 Å². The Bertz CT molecular complexity index is 543. The predicted octanol–water partition coefficient (Wildman–Crippen LogP) is 1.55. The molecule has 2 rings (SSSR count). The third-order valence-electron chi connectivity index (χ3n) is 2.02. The molecule has 0 saturated heterocycles. The van der Waals surface area contributed by atoms with Crippen molar-refractivity contribution in [3.63, 3.8) is 0 Å². The fraction of sp³-hybridized carbons (Fsp3) is 0. The van der Waals surface area contributed by atoms with Gasteiger partial charge in [0.2, 0.25) is 5.88 Å². The van der Waals surface area contributed by atoms with E-state index in [-0.39, 0.29) is 17.1 Å². The number of carboxylic acid groups (broad SMARTS) is 1. The number of hydrogen-bond donors (Lipinski definition) is 2. The zero-order valence-corrected chi connectivity index (χ0v) is 8.70. The molecular formula is C11H9N3O3. The van der Waals surface area contributed by atoms with Gasteiger partial charge in [0.1, 0.15) is 5.75 Å². The molecule has 0 aliphatic heterocycles. The van der Waals surface area contributed by atoms with Crippen molar-refractivity contribution in [2.75, 3.05) is 5.73 Å². The van der Waals surface area contributed by atoms with Crippen molar-refractivity contribution >= 4 is 11.7 Å². The molecule has 0 unspecified atom stereocenters. The summed E-state index contributed by atoms with van der Waals surface area (Å²) in [5, 5.41) is 8.89. The number of rotatable bonds is 3. The van der Waals surface area contributed by atoms with E-state index in [9.17, 15) is 4.79 Å². The number of aromatic nitrogens is 2. The van der Waals surface area contributed by atoms with Gasteiger partial charge in [-0.25, -0.2) is 9.78 Å². The van der Waals surface area contributed by atoms with Crippen LogP contribution in [-0.2, 0) is 0 Å². The van der Waals surface area contributed by atoms with E-state index in [1.54, 1.807) is 6.07 Å². The molecule has 3 N–H and O–H groups in total. The van der Waals surface area contributed by atoms with Crippen molar-refractivity contribution in [3.05, 3.63) is 42.4 Å². The quantitative estimate of drug-likeness (QED) is 0.777. The lowest BCUT2D eigenvalue weighted by atomic mass is 10.2. The Kier molecular flexibility index (Phi) is 2.87. The van der Waals surface area contributed by atoms with Gasteiger partial charge in [-0.1, -0.05) is 0 Å². The van der Waals surface area contributed by atoms with Crippen molar-refractivity contribution in [3.8, 4) is 11.6 Å². The molecule has 86 valence electrons. The largest absolute Gasteiger partial charge is 0.478 e. The lowest BCUT2D eigenvalue weighted by molar-refractivity contribution is 0.0697. The number of aromatic carboxylic acids is 1. The van der Waals surface area contributed by atoms with Crippen LogP contribution in [0.1, 0.15) is 10.4 Å². The number of carbonyl (C=O) groups is 1. The number of anilines is 1. The number of nitrogen functional groups attached to an aromatic ring is 1. The van der Waals surface area contributed by atoms with Crippen LogP contribution in [0.5, 0.6) is 11.6 Å². The number of nitrogens with zero attached hydrogens (tertiary/aromatic N) is 2. The first-order valence-electron chi connectivity index (χ1n) is 4.73. The van der Waals surface area contributed by atoms with Gasteiger partial charge in [-0.3, -0.25) is 4.98 Å². The number of carboxylic acids is 1. The van der Waals surface area contributed by atoms with Crippen LogP contribution in [0.15, 0.2) is 36.8 Å². The van der Waals surface area contributed by atoms with Crippen LogP contribution in [0, 0.1) is 0 Å². The third-order valence-corrected chi connectivity index (χ3v) is 2.02. The Morgan fingerprint density at radius 2 is 2.18 bits per heavy atom. The summed E-state index contributed by atoms with van der Waals surface area (Å²) in [5.41, 5.74) is 5.70. The molecule has 0 bridgehead atoms. The summed E-state index contributed by atoms with van der Waals surface area (Å²) >= 11 is 0. The second kappa shape index (κ2) is 4.48. The molecule has 0 spiro atoms. The van der Waals surface area contributed by atoms with Crippen LogP contribution in [0.3, 0.4) is 0 Å². The van der Waals surface area contributed by atoms with Gasteiger partial charge in [-0.15, -0.1) is 0 Å². The van der Waals surface area contributed by atoms with Crippen LogP contribution in [0.2, 0.25) is 0 Å². The molecule has 0 radical (unpaired) electrons. The Hall–Kier alpha value is -2.63. The number of hydrogen-bond acceptors (Lipinski definition) is 5. The highest BCUT2D eigenvalue weighted by molar-refractivity contribution is 5.94. The number of benzene rings is 1. The van der Waals surface area contributed by atoms with Crippen molar-refractivity contribution in [1.82, 2.24) is 9.97 Å². The van der Waals surface area contributed by atoms with Crippen molar-refractivity contribution < 1.29 is 14.6 Å². The minimum absolute atomic E-state index is 0.00797. The molecule has 0 amide bonds.